The summed E-state index contributed by atoms with van der Waals surface area (Å²) in [6.45, 7) is 4.39. The van der Waals surface area contributed by atoms with Crippen LogP contribution in [0.4, 0.5) is 20.7 Å². The van der Waals surface area contributed by atoms with Crippen molar-refractivity contribution in [1.29, 1.82) is 0 Å². The van der Waals surface area contributed by atoms with E-state index in [9.17, 15) is 9.18 Å². The smallest absolute Gasteiger partial charge is 0.319 e. The molecule has 7 heteroatoms. The van der Waals surface area contributed by atoms with Gasteiger partial charge in [-0.3, -0.25) is 4.98 Å². The minimum Gasteiger partial charge on any atom is -0.373 e. The summed E-state index contributed by atoms with van der Waals surface area (Å²) >= 11 is 0. The molecule has 6 nitrogen and oxygen atoms in total. The molecule has 1 aromatic carbocycles. The van der Waals surface area contributed by atoms with Crippen LogP contribution in [0, 0.1) is 25.6 Å². The van der Waals surface area contributed by atoms with E-state index in [1.165, 1.54) is 25.3 Å². The molecule has 3 N–H and O–H groups in total. The highest BCUT2D eigenvalue weighted by molar-refractivity contribution is 5.92. The van der Waals surface area contributed by atoms with Crippen LogP contribution >= 0.6 is 0 Å². The van der Waals surface area contributed by atoms with Crippen LogP contribution in [0.15, 0.2) is 30.5 Å². The standard InChI is InChI=1S/C24H28FN5O/c1-14-9-20(25)22(30-24(31)27-8-7-16-5-4-6-16)11-18(14)19-10-17-13-28-23(26-3)12-21(17)29-15(19)2/h9-13,16H,4-8H2,1-3H3,(H,26,28)(H2,27,30,31). The molecule has 0 aliphatic heterocycles. The second-order valence-electron chi connectivity index (χ2n) is 8.25. The zero-order valence-corrected chi connectivity index (χ0v) is 18.2. The summed E-state index contributed by atoms with van der Waals surface area (Å²) < 4.78 is 14.6. The highest BCUT2D eigenvalue weighted by Gasteiger charge is 2.18. The highest BCUT2D eigenvalue weighted by atomic mass is 19.1. The highest BCUT2D eigenvalue weighted by Crippen LogP contribution is 2.33. The third-order valence-electron chi connectivity index (χ3n) is 6.06. The van der Waals surface area contributed by atoms with Crippen molar-refractivity contribution in [2.75, 3.05) is 24.2 Å². The number of benzene rings is 1. The van der Waals surface area contributed by atoms with Crippen LogP contribution in [0.25, 0.3) is 22.0 Å². The zero-order valence-electron chi connectivity index (χ0n) is 18.2. The van der Waals surface area contributed by atoms with Crippen molar-refractivity contribution in [3.63, 3.8) is 0 Å². The molecule has 2 aromatic heterocycles. The van der Waals surface area contributed by atoms with Crippen molar-refractivity contribution >= 4 is 28.4 Å². The minimum atomic E-state index is -0.456. The number of rotatable bonds is 6. The molecule has 2 heterocycles. The molecule has 1 aliphatic rings. The molecular weight excluding hydrogens is 393 g/mol. The van der Waals surface area contributed by atoms with Crippen LogP contribution in [0.5, 0.6) is 0 Å². The van der Waals surface area contributed by atoms with E-state index in [0.29, 0.717) is 12.5 Å². The van der Waals surface area contributed by atoms with Crippen molar-refractivity contribution < 1.29 is 9.18 Å². The number of carbonyl (C=O) groups excluding carboxylic acids is 1. The number of fused-ring (bicyclic) bond motifs is 1. The van der Waals surface area contributed by atoms with Gasteiger partial charge in [-0.1, -0.05) is 19.3 Å². The molecule has 4 rings (SSSR count). The fraction of sp³-hybridized carbons (Fsp3) is 0.375. The van der Waals surface area contributed by atoms with Crippen molar-refractivity contribution in [2.24, 2.45) is 5.92 Å². The van der Waals surface area contributed by atoms with Crippen molar-refractivity contribution in [1.82, 2.24) is 15.3 Å². The number of amides is 2. The number of urea groups is 1. The van der Waals surface area contributed by atoms with Gasteiger partial charge in [-0.25, -0.2) is 14.2 Å². The van der Waals surface area contributed by atoms with E-state index < -0.39 is 5.82 Å². The van der Waals surface area contributed by atoms with Gasteiger partial charge in [0.2, 0.25) is 0 Å². The average Bonchev–Trinajstić information content (AvgIpc) is 2.71. The molecular formula is C24H28FN5O. The number of aromatic nitrogens is 2. The molecule has 31 heavy (non-hydrogen) atoms. The number of nitrogens with zero attached hydrogens (tertiary/aromatic N) is 2. The first kappa shape index (κ1) is 21.0. The van der Waals surface area contributed by atoms with Gasteiger partial charge in [-0.2, -0.15) is 0 Å². The molecule has 0 spiro atoms. The Bertz CT molecular complexity index is 1130. The van der Waals surface area contributed by atoms with E-state index in [-0.39, 0.29) is 11.7 Å². The Hall–Kier alpha value is -3.22. The molecule has 3 aromatic rings. The predicted octanol–water partition coefficient (Wildman–Crippen LogP) is 5.41. The van der Waals surface area contributed by atoms with E-state index in [2.05, 4.69) is 20.9 Å². The summed E-state index contributed by atoms with van der Waals surface area (Å²) in [5, 5.41) is 9.41. The van der Waals surface area contributed by atoms with Gasteiger partial charge < -0.3 is 16.0 Å². The van der Waals surface area contributed by atoms with Crippen LogP contribution in [0.3, 0.4) is 0 Å². The quantitative estimate of drug-likeness (QED) is 0.497. The van der Waals surface area contributed by atoms with Crippen molar-refractivity contribution in [3.8, 4) is 11.1 Å². The van der Waals surface area contributed by atoms with Crippen molar-refractivity contribution in [3.05, 3.63) is 47.5 Å². The van der Waals surface area contributed by atoms with Crippen LogP contribution in [-0.2, 0) is 0 Å². The number of halogens is 1. The fourth-order valence-electron chi connectivity index (χ4n) is 3.97. The van der Waals surface area contributed by atoms with E-state index in [1.807, 2.05) is 33.0 Å². The topological polar surface area (TPSA) is 78.9 Å². The maximum Gasteiger partial charge on any atom is 0.319 e. The number of aryl methyl sites for hydroxylation is 2. The third-order valence-corrected chi connectivity index (χ3v) is 6.06. The summed E-state index contributed by atoms with van der Waals surface area (Å²) in [7, 11) is 1.81. The molecule has 1 aliphatic carbocycles. The maximum atomic E-state index is 14.6. The average molecular weight is 422 g/mol. The minimum absolute atomic E-state index is 0.157. The summed E-state index contributed by atoms with van der Waals surface area (Å²) in [6, 6.07) is 6.65. The molecule has 0 radical (unpaired) electrons. The number of nitrogens with one attached hydrogen (secondary N) is 3. The fourth-order valence-corrected chi connectivity index (χ4v) is 3.97. The van der Waals surface area contributed by atoms with Gasteiger partial charge in [0, 0.05) is 42.5 Å². The molecule has 0 unspecified atom stereocenters. The second kappa shape index (κ2) is 8.88. The van der Waals surface area contributed by atoms with Crippen LogP contribution < -0.4 is 16.0 Å². The maximum absolute atomic E-state index is 14.6. The Morgan fingerprint density at radius 1 is 1.16 bits per heavy atom. The Morgan fingerprint density at radius 2 is 1.97 bits per heavy atom. The van der Waals surface area contributed by atoms with E-state index >= 15 is 0 Å². The number of hydrogen-bond acceptors (Lipinski definition) is 4. The first-order valence-corrected chi connectivity index (χ1v) is 10.7. The number of pyridine rings is 2. The van der Waals surface area contributed by atoms with Crippen LogP contribution in [0.1, 0.15) is 36.9 Å². The molecule has 0 saturated heterocycles. The molecule has 1 fully saturated rings. The summed E-state index contributed by atoms with van der Waals surface area (Å²) in [5.74, 6) is 1.01. The van der Waals surface area contributed by atoms with Gasteiger partial charge in [-0.05, 0) is 55.5 Å². The van der Waals surface area contributed by atoms with E-state index in [4.69, 9.17) is 4.98 Å². The molecule has 0 atom stereocenters. The SMILES string of the molecule is CNc1cc2nc(C)c(-c3cc(NC(=O)NCCC4CCC4)c(F)cc3C)cc2cn1. The summed E-state index contributed by atoms with van der Waals surface area (Å²) in [5.41, 5.74) is 4.31. The van der Waals surface area contributed by atoms with Crippen LogP contribution in [0.2, 0.25) is 0 Å². The van der Waals surface area contributed by atoms with Gasteiger partial charge in [0.1, 0.15) is 11.6 Å². The third kappa shape index (κ3) is 4.60. The second-order valence-corrected chi connectivity index (χ2v) is 8.25. The van der Waals surface area contributed by atoms with Crippen LogP contribution in [-0.4, -0.2) is 29.6 Å². The normalized spacial score (nSPS) is 13.7. The largest absolute Gasteiger partial charge is 0.373 e. The van der Waals surface area contributed by atoms with Gasteiger partial charge in [0.15, 0.2) is 0 Å². The van der Waals surface area contributed by atoms with Crippen molar-refractivity contribution in [2.45, 2.75) is 39.5 Å². The monoisotopic (exact) mass is 421 g/mol. The summed E-state index contributed by atoms with van der Waals surface area (Å²) in [6.07, 6.45) is 6.50. The lowest BCUT2D eigenvalue weighted by atomic mass is 9.83. The molecule has 0 bridgehead atoms. The molecule has 162 valence electrons. The molecule has 2 amide bonds. The number of hydrogen-bond donors (Lipinski definition) is 3. The zero-order chi connectivity index (χ0) is 22.0. The van der Waals surface area contributed by atoms with E-state index in [1.54, 1.807) is 12.3 Å². The number of anilines is 2. The summed E-state index contributed by atoms with van der Waals surface area (Å²) in [4.78, 5) is 21.3. The first-order valence-electron chi connectivity index (χ1n) is 10.7. The van der Waals surface area contributed by atoms with Gasteiger partial charge in [-0.15, -0.1) is 0 Å². The molecule has 1 saturated carbocycles. The lowest BCUT2D eigenvalue weighted by Crippen LogP contribution is -2.31. The Morgan fingerprint density at radius 3 is 2.68 bits per heavy atom. The van der Waals surface area contributed by atoms with Gasteiger partial charge in [0.05, 0.1) is 11.2 Å². The Balaban J connectivity index is 1.58. The van der Waals surface area contributed by atoms with Gasteiger partial charge >= 0.3 is 6.03 Å². The number of carbonyl (C=O) groups is 1. The van der Waals surface area contributed by atoms with Gasteiger partial charge in [0.25, 0.3) is 0 Å². The lowest BCUT2D eigenvalue weighted by molar-refractivity contribution is 0.247. The van der Waals surface area contributed by atoms with E-state index in [0.717, 1.165) is 45.5 Å². The first-order chi connectivity index (χ1) is 14.9. The predicted molar refractivity (Wildman–Crippen MR) is 123 cm³/mol. The Kier molecular flexibility index (Phi) is 6.02. The lowest BCUT2D eigenvalue weighted by Gasteiger charge is -2.25. The Labute approximate surface area is 181 Å².